The average molecular weight is 205 g/mol. The summed E-state index contributed by atoms with van der Waals surface area (Å²) in [5.74, 6) is 0.599. The second-order valence-corrected chi connectivity index (χ2v) is 7.19. The lowest BCUT2D eigenvalue weighted by Gasteiger charge is -2.29. The lowest BCUT2D eigenvalue weighted by molar-refractivity contribution is 0.132. The molecule has 0 aliphatic rings. The minimum atomic E-state index is -2.00. The van der Waals surface area contributed by atoms with Gasteiger partial charge in [-0.2, -0.15) is 0 Å². The molecular formula is C9H23NO2Si. The molecule has 0 aliphatic heterocycles. The Morgan fingerprint density at radius 3 is 2.15 bits per heavy atom. The Balaban J connectivity index is 4.15. The van der Waals surface area contributed by atoms with Crippen molar-refractivity contribution in [1.29, 1.82) is 0 Å². The van der Waals surface area contributed by atoms with Gasteiger partial charge in [0.15, 0.2) is 0 Å². The fourth-order valence-corrected chi connectivity index (χ4v) is 4.74. The molecule has 0 aromatic rings. The zero-order chi connectivity index (χ0) is 10.5. The highest BCUT2D eigenvalue weighted by molar-refractivity contribution is 6.66. The minimum absolute atomic E-state index is 0.220. The maximum atomic E-state index is 5.69. The van der Waals surface area contributed by atoms with Gasteiger partial charge in [-0.15, -0.1) is 0 Å². The molecule has 0 fully saturated rings. The molecule has 4 heteroatoms. The highest BCUT2D eigenvalue weighted by Gasteiger charge is 2.33. The monoisotopic (exact) mass is 205 g/mol. The highest BCUT2D eigenvalue weighted by Crippen LogP contribution is 2.20. The van der Waals surface area contributed by atoms with Gasteiger partial charge in [-0.3, -0.25) is 0 Å². The Labute approximate surface area is 82.9 Å². The highest BCUT2D eigenvalue weighted by atomic mass is 28.4. The van der Waals surface area contributed by atoms with Gasteiger partial charge in [-0.05, 0) is 32.4 Å². The topological polar surface area (TPSA) is 44.5 Å². The van der Waals surface area contributed by atoms with E-state index >= 15 is 0 Å². The summed E-state index contributed by atoms with van der Waals surface area (Å²) in [4.78, 5) is 0. The van der Waals surface area contributed by atoms with Gasteiger partial charge in [0.25, 0.3) is 0 Å². The van der Waals surface area contributed by atoms with Gasteiger partial charge in [0.1, 0.15) is 0 Å². The Hall–Kier alpha value is 0.0969. The van der Waals surface area contributed by atoms with E-state index in [2.05, 4.69) is 20.4 Å². The SMILES string of the molecule is CCO[Si@@](C)(CC(C)C)OC(C)N. The van der Waals surface area contributed by atoms with Crippen molar-refractivity contribution in [3.8, 4) is 0 Å². The van der Waals surface area contributed by atoms with Crippen LogP contribution in [0.25, 0.3) is 0 Å². The van der Waals surface area contributed by atoms with Crippen LogP contribution in [0, 0.1) is 5.92 Å². The Morgan fingerprint density at radius 1 is 1.31 bits per heavy atom. The Bertz CT molecular complexity index is 130. The summed E-state index contributed by atoms with van der Waals surface area (Å²) in [6.07, 6.45) is -0.220. The van der Waals surface area contributed by atoms with Crippen molar-refractivity contribution in [2.24, 2.45) is 11.7 Å². The van der Waals surface area contributed by atoms with Crippen LogP contribution in [0.15, 0.2) is 0 Å². The van der Waals surface area contributed by atoms with E-state index in [4.69, 9.17) is 14.6 Å². The zero-order valence-corrected chi connectivity index (χ0v) is 10.5. The van der Waals surface area contributed by atoms with Gasteiger partial charge in [-0.25, -0.2) is 0 Å². The van der Waals surface area contributed by atoms with Crippen LogP contribution in [0.5, 0.6) is 0 Å². The standard InChI is InChI=1S/C9H23NO2Si/c1-6-11-13(5,7-8(2)3)12-9(4)10/h8-9H,6-7,10H2,1-5H3/t9?,13-/m1/s1. The Morgan fingerprint density at radius 2 is 1.85 bits per heavy atom. The molecule has 0 rings (SSSR count). The first kappa shape index (κ1) is 13.1. The van der Waals surface area contributed by atoms with Crippen molar-refractivity contribution < 1.29 is 8.85 Å². The second kappa shape index (κ2) is 5.75. The lowest BCUT2D eigenvalue weighted by atomic mass is 10.3. The van der Waals surface area contributed by atoms with Gasteiger partial charge in [0, 0.05) is 6.61 Å². The van der Waals surface area contributed by atoms with E-state index in [0.29, 0.717) is 12.5 Å². The molecule has 13 heavy (non-hydrogen) atoms. The van der Waals surface area contributed by atoms with Crippen LogP contribution in [0.4, 0.5) is 0 Å². The van der Waals surface area contributed by atoms with Gasteiger partial charge in [-0.1, -0.05) is 13.8 Å². The quantitative estimate of drug-likeness (QED) is 0.533. The molecule has 80 valence electrons. The van der Waals surface area contributed by atoms with Crippen molar-refractivity contribution in [1.82, 2.24) is 0 Å². The van der Waals surface area contributed by atoms with Gasteiger partial charge >= 0.3 is 8.56 Å². The third-order valence-electron chi connectivity index (χ3n) is 1.66. The Kier molecular flexibility index (Phi) is 5.79. The van der Waals surface area contributed by atoms with E-state index in [1.807, 2.05) is 13.8 Å². The smallest absolute Gasteiger partial charge is 0.336 e. The van der Waals surface area contributed by atoms with Crippen LogP contribution in [0.1, 0.15) is 27.7 Å². The number of hydrogen-bond acceptors (Lipinski definition) is 3. The van der Waals surface area contributed by atoms with Crippen LogP contribution in [0.2, 0.25) is 12.6 Å². The molecule has 3 nitrogen and oxygen atoms in total. The summed E-state index contributed by atoms with van der Waals surface area (Å²) in [7, 11) is -2.00. The molecule has 0 aromatic heterocycles. The molecule has 0 saturated carbocycles. The fourth-order valence-electron chi connectivity index (χ4n) is 1.58. The third kappa shape index (κ3) is 6.21. The van der Waals surface area contributed by atoms with E-state index in [0.717, 1.165) is 6.04 Å². The molecule has 0 heterocycles. The summed E-state index contributed by atoms with van der Waals surface area (Å²) < 4.78 is 11.4. The van der Waals surface area contributed by atoms with E-state index in [1.54, 1.807) is 0 Å². The van der Waals surface area contributed by atoms with Crippen molar-refractivity contribution in [3.05, 3.63) is 0 Å². The van der Waals surface area contributed by atoms with Gasteiger partial charge < -0.3 is 14.6 Å². The van der Waals surface area contributed by atoms with E-state index < -0.39 is 8.56 Å². The van der Waals surface area contributed by atoms with E-state index in [1.165, 1.54) is 0 Å². The summed E-state index contributed by atoms with van der Waals surface area (Å²) in [6, 6.07) is 1.00. The average Bonchev–Trinajstić information content (AvgIpc) is 1.81. The van der Waals surface area contributed by atoms with Crippen molar-refractivity contribution in [3.63, 3.8) is 0 Å². The molecule has 0 bridgehead atoms. The van der Waals surface area contributed by atoms with Crippen LogP contribution < -0.4 is 5.73 Å². The van der Waals surface area contributed by atoms with Crippen LogP contribution in [-0.4, -0.2) is 21.4 Å². The summed E-state index contributed by atoms with van der Waals surface area (Å²) in [6.45, 7) is 11.0. The summed E-state index contributed by atoms with van der Waals surface area (Å²) in [5, 5.41) is 0. The molecule has 0 spiro atoms. The van der Waals surface area contributed by atoms with Crippen molar-refractivity contribution >= 4 is 8.56 Å². The number of nitrogens with two attached hydrogens (primary N) is 1. The van der Waals surface area contributed by atoms with Crippen LogP contribution >= 0.6 is 0 Å². The predicted octanol–water partition coefficient (Wildman–Crippen LogP) is 2.07. The molecule has 2 N–H and O–H groups in total. The van der Waals surface area contributed by atoms with Crippen LogP contribution in [0.3, 0.4) is 0 Å². The first-order valence-electron chi connectivity index (χ1n) is 4.97. The molecule has 0 radical (unpaired) electrons. The molecule has 2 atom stereocenters. The second-order valence-electron chi connectivity index (χ2n) is 3.99. The fraction of sp³-hybridized carbons (Fsp3) is 1.00. The third-order valence-corrected chi connectivity index (χ3v) is 4.99. The van der Waals surface area contributed by atoms with Crippen LogP contribution in [-0.2, 0) is 8.85 Å². The summed E-state index contributed by atoms with van der Waals surface area (Å²) in [5.41, 5.74) is 5.62. The largest absolute Gasteiger partial charge is 0.395 e. The molecule has 0 saturated heterocycles. The normalized spacial score (nSPS) is 18.7. The number of hydrogen-bond donors (Lipinski definition) is 1. The molecule has 0 aliphatic carbocycles. The van der Waals surface area contributed by atoms with Gasteiger partial charge in [0.2, 0.25) is 0 Å². The number of rotatable bonds is 6. The lowest BCUT2D eigenvalue weighted by Crippen LogP contribution is -2.44. The van der Waals surface area contributed by atoms with E-state index in [-0.39, 0.29) is 6.23 Å². The maximum Gasteiger partial charge on any atom is 0.336 e. The summed E-state index contributed by atoms with van der Waals surface area (Å²) >= 11 is 0. The zero-order valence-electron chi connectivity index (χ0n) is 9.46. The molecule has 0 aromatic carbocycles. The molecule has 1 unspecified atom stereocenters. The van der Waals surface area contributed by atoms with Crippen molar-refractivity contribution in [2.75, 3.05) is 6.61 Å². The van der Waals surface area contributed by atoms with Crippen molar-refractivity contribution in [2.45, 2.75) is 46.5 Å². The van der Waals surface area contributed by atoms with E-state index in [9.17, 15) is 0 Å². The predicted molar refractivity (Wildman–Crippen MR) is 57.6 cm³/mol. The first-order valence-corrected chi connectivity index (χ1v) is 7.49. The van der Waals surface area contributed by atoms with Gasteiger partial charge in [0.05, 0.1) is 6.23 Å². The maximum absolute atomic E-state index is 5.69. The minimum Gasteiger partial charge on any atom is -0.395 e. The first-order chi connectivity index (χ1) is 5.89. The molecular weight excluding hydrogens is 182 g/mol. The molecule has 0 amide bonds.